The monoisotopic (exact) mass is 492 g/mol. The van der Waals surface area contributed by atoms with Gasteiger partial charge in [0, 0.05) is 17.6 Å². The molecule has 1 aliphatic heterocycles. The van der Waals surface area contributed by atoms with E-state index in [1.807, 2.05) is 48.5 Å². The van der Waals surface area contributed by atoms with Crippen molar-refractivity contribution in [2.75, 3.05) is 18.9 Å². The zero-order valence-corrected chi connectivity index (χ0v) is 18.7. The predicted octanol–water partition coefficient (Wildman–Crippen LogP) is 3.72. The Morgan fingerprint density at radius 1 is 1.25 bits per heavy atom. The molecule has 0 aliphatic carbocycles. The van der Waals surface area contributed by atoms with E-state index in [9.17, 15) is 4.79 Å². The zero-order valence-electron chi connectivity index (χ0n) is 17.2. The Morgan fingerprint density at radius 2 is 2.06 bits per heavy atom. The molecule has 1 aliphatic rings. The number of halogens is 1. The quantitative estimate of drug-likeness (QED) is 0.412. The summed E-state index contributed by atoms with van der Waals surface area (Å²) in [6.07, 6.45) is 3.63. The third-order valence-corrected chi connectivity index (χ3v) is 5.88. The number of para-hydroxylation sites is 2. The van der Waals surface area contributed by atoms with Gasteiger partial charge in [-0.1, -0.05) is 40.2 Å². The van der Waals surface area contributed by atoms with Crippen LogP contribution in [0.4, 0.5) is 5.82 Å². The second-order valence-corrected chi connectivity index (χ2v) is 8.52. The first-order chi connectivity index (χ1) is 15.6. The van der Waals surface area contributed by atoms with Crippen molar-refractivity contribution in [3.8, 4) is 0 Å². The smallest absolute Gasteiger partial charge is 0.257 e. The Bertz CT molecular complexity index is 1340. The lowest BCUT2D eigenvalue weighted by Crippen LogP contribution is -2.32. The Hall–Kier alpha value is -3.30. The van der Waals surface area contributed by atoms with E-state index in [-0.39, 0.29) is 23.4 Å². The number of hydrogen-bond donors (Lipinski definition) is 2. The van der Waals surface area contributed by atoms with E-state index >= 15 is 0 Å². The molecule has 0 spiro atoms. The molecular weight excluding hydrogens is 472 g/mol. The second-order valence-electron chi connectivity index (χ2n) is 7.60. The summed E-state index contributed by atoms with van der Waals surface area (Å²) in [4.78, 5) is 22.5. The minimum atomic E-state index is -0.316. The van der Waals surface area contributed by atoms with Crippen LogP contribution in [-0.2, 0) is 4.74 Å². The van der Waals surface area contributed by atoms with Crippen LogP contribution in [0, 0.1) is 0 Å². The molecule has 32 heavy (non-hydrogen) atoms. The number of anilines is 1. The maximum absolute atomic E-state index is 13.1. The van der Waals surface area contributed by atoms with Gasteiger partial charge in [0.15, 0.2) is 5.65 Å². The summed E-state index contributed by atoms with van der Waals surface area (Å²) in [5, 5.41) is 7.46. The maximum Gasteiger partial charge on any atom is 0.257 e. The first-order valence-electron chi connectivity index (χ1n) is 10.4. The third kappa shape index (κ3) is 3.96. The first-order valence-corrected chi connectivity index (χ1v) is 11.2. The van der Waals surface area contributed by atoms with Crippen molar-refractivity contribution in [3.63, 3.8) is 0 Å². The number of carbonyl (C=O) groups is 1. The lowest BCUT2D eigenvalue weighted by molar-refractivity contribution is 0.0859. The van der Waals surface area contributed by atoms with E-state index in [1.54, 1.807) is 6.21 Å². The van der Waals surface area contributed by atoms with Crippen LogP contribution in [0.15, 0.2) is 58.1 Å². The van der Waals surface area contributed by atoms with Gasteiger partial charge in [0.05, 0.1) is 23.4 Å². The Balaban J connectivity index is 1.59. The number of nitrogens with two attached hydrogens (primary N) is 1. The van der Waals surface area contributed by atoms with Crippen LogP contribution < -0.4 is 11.1 Å². The van der Waals surface area contributed by atoms with Gasteiger partial charge in [0.1, 0.15) is 16.9 Å². The minimum absolute atomic E-state index is 0.0231. The Labute approximate surface area is 192 Å². The number of fused-ring (bicyclic) bond motifs is 2. The normalized spacial score (nSPS) is 16.3. The lowest BCUT2D eigenvalue weighted by atomic mass is 10.2. The average Bonchev–Trinajstić information content (AvgIpc) is 3.40. The summed E-state index contributed by atoms with van der Waals surface area (Å²) < 4.78 is 8.02. The molecular formula is C23H21BrN6O2. The summed E-state index contributed by atoms with van der Waals surface area (Å²) in [5.41, 5.74) is 9.78. The molecule has 1 saturated heterocycles. The number of nitrogen functional groups attached to an aromatic ring is 1. The largest absolute Gasteiger partial charge is 0.383 e. The minimum Gasteiger partial charge on any atom is -0.383 e. The molecule has 3 N–H and O–H groups in total. The molecule has 162 valence electrons. The van der Waals surface area contributed by atoms with E-state index in [2.05, 4.69) is 26.3 Å². The fourth-order valence-corrected chi connectivity index (χ4v) is 4.22. The van der Waals surface area contributed by atoms with Crippen molar-refractivity contribution < 1.29 is 9.53 Å². The van der Waals surface area contributed by atoms with Crippen molar-refractivity contribution in [2.45, 2.75) is 18.9 Å². The SMILES string of the molecule is Nc1c(C(=O)NC[C@H]2CCCO2)c2nc3ccccc3nc2n1/N=C\c1cccc(Br)c1. The number of nitrogens with one attached hydrogen (secondary N) is 1. The van der Waals surface area contributed by atoms with Crippen molar-refractivity contribution in [1.82, 2.24) is 20.0 Å². The van der Waals surface area contributed by atoms with Crippen molar-refractivity contribution in [3.05, 3.63) is 64.1 Å². The molecule has 1 atom stereocenters. The molecule has 5 rings (SSSR count). The average molecular weight is 493 g/mol. The van der Waals surface area contributed by atoms with E-state index in [0.717, 1.165) is 29.5 Å². The number of carbonyl (C=O) groups excluding carboxylic acids is 1. The molecule has 2 aromatic heterocycles. The molecule has 8 nitrogen and oxygen atoms in total. The number of nitrogens with zero attached hydrogens (tertiary/aromatic N) is 4. The molecule has 9 heteroatoms. The summed E-state index contributed by atoms with van der Waals surface area (Å²) >= 11 is 3.46. The fourth-order valence-electron chi connectivity index (χ4n) is 3.80. The van der Waals surface area contributed by atoms with Crippen LogP contribution in [0.3, 0.4) is 0 Å². The molecule has 2 aromatic carbocycles. The van der Waals surface area contributed by atoms with E-state index in [1.165, 1.54) is 4.68 Å². The molecule has 4 aromatic rings. The van der Waals surface area contributed by atoms with Gasteiger partial charge < -0.3 is 15.8 Å². The van der Waals surface area contributed by atoms with Gasteiger partial charge in [-0.15, -0.1) is 0 Å². The van der Waals surface area contributed by atoms with Crippen LogP contribution in [0.1, 0.15) is 28.8 Å². The van der Waals surface area contributed by atoms with Gasteiger partial charge in [0.25, 0.3) is 5.91 Å². The molecule has 3 heterocycles. The Morgan fingerprint density at radius 3 is 2.81 bits per heavy atom. The number of rotatable bonds is 5. The number of hydrogen-bond acceptors (Lipinski definition) is 6. The van der Waals surface area contributed by atoms with Crippen LogP contribution in [0.25, 0.3) is 22.2 Å². The van der Waals surface area contributed by atoms with Gasteiger partial charge in [0.2, 0.25) is 0 Å². The highest BCUT2D eigenvalue weighted by Crippen LogP contribution is 2.28. The van der Waals surface area contributed by atoms with Crippen LogP contribution in [0.5, 0.6) is 0 Å². The Kier molecular flexibility index (Phi) is 5.59. The van der Waals surface area contributed by atoms with Gasteiger partial charge in [-0.3, -0.25) is 4.79 Å². The van der Waals surface area contributed by atoms with Crippen molar-refractivity contribution >= 4 is 56.1 Å². The molecule has 0 radical (unpaired) electrons. The highest BCUT2D eigenvalue weighted by Gasteiger charge is 2.25. The van der Waals surface area contributed by atoms with Gasteiger partial charge in [-0.25, -0.2) is 9.97 Å². The van der Waals surface area contributed by atoms with Crippen LogP contribution in [0.2, 0.25) is 0 Å². The first kappa shape index (κ1) is 20.6. The van der Waals surface area contributed by atoms with Crippen molar-refractivity contribution in [1.29, 1.82) is 0 Å². The topological polar surface area (TPSA) is 107 Å². The molecule has 0 bridgehead atoms. The van der Waals surface area contributed by atoms with E-state index < -0.39 is 0 Å². The lowest BCUT2D eigenvalue weighted by Gasteiger charge is -2.10. The van der Waals surface area contributed by atoms with Crippen LogP contribution in [-0.4, -0.2) is 46.0 Å². The summed E-state index contributed by atoms with van der Waals surface area (Å²) in [6, 6.07) is 15.2. The number of ether oxygens (including phenoxy) is 1. The number of amides is 1. The molecule has 1 fully saturated rings. The number of aromatic nitrogens is 3. The van der Waals surface area contributed by atoms with Gasteiger partial charge in [-0.05, 0) is 42.7 Å². The number of benzene rings is 2. The van der Waals surface area contributed by atoms with Gasteiger partial charge in [-0.2, -0.15) is 9.78 Å². The van der Waals surface area contributed by atoms with E-state index in [0.29, 0.717) is 28.7 Å². The third-order valence-electron chi connectivity index (χ3n) is 5.39. The predicted molar refractivity (Wildman–Crippen MR) is 128 cm³/mol. The van der Waals surface area contributed by atoms with E-state index in [4.69, 9.17) is 20.4 Å². The summed E-state index contributed by atoms with van der Waals surface area (Å²) in [5.74, 6) is -0.129. The highest BCUT2D eigenvalue weighted by atomic mass is 79.9. The second kappa shape index (κ2) is 8.68. The summed E-state index contributed by atoms with van der Waals surface area (Å²) in [6.45, 7) is 1.15. The zero-order chi connectivity index (χ0) is 22.1. The maximum atomic E-state index is 13.1. The molecule has 0 unspecified atom stereocenters. The van der Waals surface area contributed by atoms with Crippen LogP contribution >= 0.6 is 15.9 Å². The fraction of sp³-hybridized carbons (Fsp3) is 0.217. The summed E-state index contributed by atoms with van der Waals surface area (Å²) in [7, 11) is 0. The molecule has 0 saturated carbocycles. The molecule has 1 amide bonds. The standard InChI is InChI=1S/C23H21BrN6O2/c24-15-6-3-5-14(11-15)12-27-30-21(25)19(23(31)26-13-16-7-4-10-32-16)20-22(30)29-18-9-2-1-8-17(18)28-20/h1-3,5-6,8-9,11-12,16H,4,7,10,13,25H2,(H,26,31)/b27-12-/t16-/m1/s1. The highest BCUT2D eigenvalue weighted by molar-refractivity contribution is 9.10. The van der Waals surface area contributed by atoms with Gasteiger partial charge >= 0.3 is 0 Å². The van der Waals surface area contributed by atoms with Crippen molar-refractivity contribution in [2.24, 2.45) is 5.10 Å².